The van der Waals surface area contributed by atoms with Gasteiger partial charge in [0.05, 0.1) is 11.3 Å². The van der Waals surface area contributed by atoms with Crippen LogP contribution in [0, 0.1) is 0 Å². The number of aromatic nitrogens is 4. The molecule has 1 aliphatic rings. The van der Waals surface area contributed by atoms with Crippen LogP contribution in [0.2, 0.25) is 0 Å². The van der Waals surface area contributed by atoms with Gasteiger partial charge in [0.2, 0.25) is 0 Å². The summed E-state index contributed by atoms with van der Waals surface area (Å²) in [4.78, 5) is 11.4. The van der Waals surface area contributed by atoms with E-state index in [2.05, 4.69) is 47.4 Å². The molecular formula is C11H8Br2N4O2. The quantitative estimate of drug-likeness (QED) is 0.875. The Morgan fingerprint density at radius 3 is 2.74 bits per heavy atom. The molecule has 0 unspecified atom stereocenters. The summed E-state index contributed by atoms with van der Waals surface area (Å²) in [5, 5.41) is 20.9. The van der Waals surface area contributed by atoms with E-state index in [1.54, 1.807) is 12.1 Å². The van der Waals surface area contributed by atoms with Crippen LogP contribution in [0.15, 0.2) is 21.1 Å². The average molecular weight is 388 g/mol. The number of benzene rings is 1. The zero-order valence-electron chi connectivity index (χ0n) is 9.55. The van der Waals surface area contributed by atoms with Crippen LogP contribution in [-0.2, 0) is 0 Å². The lowest BCUT2D eigenvalue weighted by atomic mass is 10.2. The number of aromatic carboxylic acids is 1. The van der Waals surface area contributed by atoms with Gasteiger partial charge in [-0.25, -0.2) is 4.79 Å². The number of rotatable bonds is 3. The van der Waals surface area contributed by atoms with Gasteiger partial charge in [-0.2, -0.15) is 4.68 Å². The molecule has 0 saturated heterocycles. The fraction of sp³-hybridized carbons (Fsp3) is 0.273. The lowest BCUT2D eigenvalue weighted by molar-refractivity contribution is 0.0696. The molecule has 8 heteroatoms. The van der Waals surface area contributed by atoms with Crippen LogP contribution in [0.5, 0.6) is 0 Å². The Balaban J connectivity index is 2.23. The molecule has 1 saturated carbocycles. The predicted octanol–water partition coefficient (Wildman–Crippen LogP) is 2.76. The molecule has 98 valence electrons. The average Bonchev–Trinajstić information content (AvgIpc) is 3.07. The highest BCUT2D eigenvalue weighted by Gasteiger charge is 2.31. The Morgan fingerprint density at radius 2 is 2.11 bits per heavy atom. The summed E-state index contributed by atoms with van der Waals surface area (Å²) in [7, 11) is 0. The lowest BCUT2D eigenvalue weighted by Crippen LogP contribution is -2.10. The maximum absolute atomic E-state index is 11.4. The van der Waals surface area contributed by atoms with Crippen LogP contribution < -0.4 is 0 Å². The minimum Gasteiger partial charge on any atom is -0.478 e. The molecule has 3 rings (SSSR count). The molecule has 6 nitrogen and oxygen atoms in total. The second-order valence-electron chi connectivity index (χ2n) is 4.31. The van der Waals surface area contributed by atoms with Gasteiger partial charge >= 0.3 is 5.97 Å². The molecule has 1 aromatic heterocycles. The highest BCUT2D eigenvalue weighted by Crippen LogP contribution is 2.40. The largest absolute Gasteiger partial charge is 0.478 e. The Bertz CT molecular complexity index is 667. The van der Waals surface area contributed by atoms with Gasteiger partial charge in [0.25, 0.3) is 0 Å². The molecule has 0 aliphatic heterocycles. The highest BCUT2D eigenvalue weighted by molar-refractivity contribution is 9.11. The summed E-state index contributed by atoms with van der Waals surface area (Å²) in [6.07, 6.45) is 2.08. The molecule has 1 N–H and O–H groups in total. The Labute approximate surface area is 125 Å². The summed E-state index contributed by atoms with van der Waals surface area (Å²) in [6.45, 7) is 0. The van der Waals surface area contributed by atoms with Gasteiger partial charge in [-0.1, -0.05) is 15.9 Å². The molecule has 2 aromatic rings. The SMILES string of the molecule is O=C(O)c1cc(Br)cc(Br)c1-n1nnnc1C1CC1. The second kappa shape index (κ2) is 4.68. The molecule has 0 radical (unpaired) electrons. The first-order chi connectivity index (χ1) is 9.08. The number of halogens is 2. The van der Waals surface area contributed by atoms with E-state index in [-0.39, 0.29) is 5.56 Å². The van der Waals surface area contributed by atoms with E-state index in [4.69, 9.17) is 0 Å². The van der Waals surface area contributed by atoms with E-state index < -0.39 is 5.97 Å². The zero-order valence-corrected chi connectivity index (χ0v) is 12.7. The molecule has 0 bridgehead atoms. The minimum absolute atomic E-state index is 0.149. The van der Waals surface area contributed by atoms with Crippen LogP contribution in [0.25, 0.3) is 5.69 Å². The maximum Gasteiger partial charge on any atom is 0.337 e. The van der Waals surface area contributed by atoms with Crippen LogP contribution >= 0.6 is 31.9 Å². The van der Waals surface area contributed by atoms with Crippen molar-refractivity contribution in [3.8, 4) is 5.69 Å². The summed E-state index contributed by atoms with van der Waals surface area (Å²) in [5.41, 5.74) is 0.609. The van der Waals surface area contributed by atoms with E-state index in [0.29, 0.717) is 26.4 Å². The monoisotopic (exact) mass is 386 g/mol. The summed E-state index contributed by atoms with van der Waals surface area (Å²) in [6, 6.07) is 3.32. The van der Waals surface area contributed by atoms with E-state index >= 15 is 0 Å². The summed E-state index contributed by atoms with van der Waals surface area (Å²) in [5.74, 6) is 0.0203. The third-order valence-electron chi connectivity index (χ3n) is 2.91. The van der Waals surface area contributed by atoms with Gasteiger partial charge in [0.1, 0.15) is 0 Å². The molecule has 0 amide bonds. The number of tetrazole rings is 1. The maximum atomic E-state index is 11.4. The molecule has 0 spiro atoms. The van der Waals surface area contributed by atoms with Crippen molar-refractivity contribution >= 4 is 37.8 Å². The normalized spacial score (nSPS) is 14.6. The first kappa shape index (κ1) is 12.7. The first-order valence-electron chi connectivity index (χ1n) is 5.59. The van der Waals surface area contributed by atoms with Gasteiger partial charge in [0, 0.05) is 14.9 Å². The van der Waals surface area contributed by atoms with E-state index in [9.17, 15) is 9.90 Å². The van der Waals surface area contributed by atoms with Crippen molar-refractivity contribution in [3.63, 3.8) is 0 Å². The summed E-state index contributed by atoms with van der Waals surface area (Å²) >= 11 is 6.67. The number of hydrogen-bond donors (Lipinski definition) is 1. The van der Waals surface area contributed by atoms with Crippen molar-refractivity contribution in [1.82, 2.24) is 20.2 Å². The van der Waals surface area contributed by atoms with Crippen molar-refractivity contribution < 1.29 is 9.90 Å². The Morgan fingerprint density at radius 1 is 1.37 bits per heavy atom. The molecular weight excluding hydrogens is 380 g/mol. The van der Waals surface area contributed by atoms with Crippen LogP contribution in [-0.4, -0.2) is 31.3 Å². The predicted molar refractivity (Wildman–Crippen MR) is 73.5 cm³/mol. The number of carboxylic acid groups (broad SMARTS) is 1. The van der Waals surface area contributed by atoms with E-state index in [1.165, 1.54) is 4.68 Å². The Hall–Kier alpha value is -1.28. The molecule has 1 heterocycles. The third-order valence-corrected chi connectivity index (χ3v) is 3.97. The topological polar surface area (TPSA) is 80.9 Å². The van der Waals surface area contributed by atoms with Crippen LogP contribution in [0.4, 0.5) is 0 Å². The molecule has 1 fully saturated rings. The molecule has 1 aromatic carbocycles. The number of carbonyl (C=O) groups is 1. The van der Waals surface area contributed by atoms with Gasteiger partial charge in [0.15, 0.2) is 5.82 Å². The standard InChI is InChI=1S/C11H8Br2N4O2/c12-6-3-7(11(18)19)9(8(13)4-6)17-10(5-1-2-5)14-15-16-17/h3-5H,1-2H2,(H,18,19). The fourth-order valence-electron chi connectivity index (χ4n) is 1.89. The number of nitrogens with zero attached hydrogens (tertiary/aromatic N) is 4. The van der Waals surface area contributed by atoms with Crippen LogP contribution in [0.1, 0.15) is 34.9 Å². The van der Waals surface area contributed by atoms with Gasteiger partial charge < -0.3 is 5.11 Å². The molecule has 1 aliphatic carbocycles. The number of hydrogen-bond acceptors (Lipinski definition) is 4. The van der Waals surface area contributed by atoms with Crippen LogP contribution in [0.3, 0.4) is 0 Å². The third kappa shape index (κ3) is 2.30. The minimum atomic E-state index is -1.02. The van der Waals surface area contributed by atoms with Crippen molar-refractivity contribution in [2.24, 2.45) is 0 Å². The van der Waals surface area contributed by atoms with Crippen molar-refractivity contribution in [2.75, 3.05) is 0 Å². The highest BCUT2D eigenvalue weighted by atomic mass is 79.9. The Kier molecular flexibility index (Phi) is 3.14. The van der Waals surface area contributed by atoms with Crippen molar-refractivity contribution in [1.29, 1.82) is 0 Å². The lowest BCUT2D eigenvalue weighted by Gasteiger charge is -2.10. The first-order valence-corrected chi connectivity index (χ1v) is 7.17. The smallest absolute Gasteiger partial charge is 0.337 e. The number of carboxylic acids is 1. The molecule has 19 heavy (non-hydrogen) atoms. The van der Waals surface area contributed by atoms with E-state index in [1.807, 2.05) is 0 Å². The second-order valence-corrected chi connectivity index (χ2v) is 6.08. The molecule has 0 atom stereocenters. The van der Waals surface area contributed by atoms with E-state index in [0.717, 1.165) is 12.8 Å². The van der Waals surface area contributed by atoms with Crippen molar-refractivity contribution in [2.45, 2.75) is 18.8 Å². The zero-order chi connectivity index (χ0) is 13.6. The fourth-order valence-corrected chi connectivity index (χ4v) is 3.29. The van der Waals surface area contributed by atoms with Gasteiger partial charge in [-0.15, -0.1) is 5.10 Å². The van der Waals surface area contributed by atoms with Gasteiger partial charge in [-0.3, -0.25) is 0 Å². The van der Waals surface area contributed by atoms with Crippen molar-refractivity contribution in [3.05, 3.63) is 32.5 Å². The summed E-state index contributed by atoms with van der Waals surface area (Å²) < 4.78 is 2.83. The van der Waals surface area contributed by atoms with Gasteiger partial charge in [-0.05, 0) is 51.3 Å².